The SMILES string of the molecule is Oc1cc(F)cc(CNC2CCSCC2)c1. The van der Waals surface area contributed by atoms with Crippen LogP contribution in [-0.4, -0.2) is 22.7 Å². The van der Waals surface area contributed by atoms with Crippen LogP contribution in [0.5, 0.6) is 5.75 Å². The Morgan fingerprint density at radius 2 is 2.06 bits per heavy atom. The van der Waals surface area contributed by atoms with Gasteiger partial charge in [-0.25, -0.2) is 4.39 Å². The molecule has 1 aliphatic rings. The van der Waals surface area contributed by atoms with Crippen molar-refractivity contribution in [2.75, 3.05) is 11.5 Å². The zero-order valence-corrected chi connectivity index (χ0v) is 9.89. The molecule has 0 bridgehead atoms. The first kappa shape index (κ1) is 11.7. The Morgan fingerprint density at radius 1 is 1.31 bits per heavy atom. The summed E-state index contributed by atoms with van der Waals surface area (Å²) in [7, 11) is 0. The first-order chi connectivity index (χ1) is 7.74. The van der Waals surface area contributed by atoms with Crippen LogP contribution in [0.4, 0.5) is 4.39 Å². The Hall–Kier alpha value is -0.740. The van der Waals surface area contributed by atoms with Crippen LogP contribution in [-0.2, 0) is 6.54 Å². The van der Waals surface area contributed by atoms with Crippen molar-refractivity contribution in [3.63, 3.8) is 0 Å². The number of hydrogen-bond donors (Lipinski definition) is 2. The number of hydrogen-bond acceptors (Lipinski definition) is 3. The molecule has 2 rings (SSSR count). The Balaban J connectivity index is 1.88. The molecule has 1 heterocycles. The van der Waals surface area contributed by atoms with Gasteiger partial charge in [0.25, 0.3) is 0 Å². The molecule has 0 atom stereocenters. The lowest BCUT2D eigenvalue weighted by atomic mass is 10.1. The molecule has 1 aliphatic heterocycles. The van der Waals surface area contributed by atoms with Gasteiger partial charge in [-0.1, -0.05) is 0 Å². The van der Waals surface area contributed by atoms with Crippen molar-refractivity contribution in [1.29, 1.82) is 0 Å². The van der Waals surface area contributed by atoms with E-state index in [1.165, 1.54) is 30.4 Å². The molecule has 0 saturated carbocycles. The van der Waals surface area contributed by atoms with Gasteiger partial charge in [0, 0.05) is 18.7 Å². The third kappa shape index (κ3) is 3.39. The van der Waals surface area contributed by atoms with Crippen LogP contribution < -0.4 is 5.32 Å². The van der Waals surface area contributed by atoms with E-state index in [1.54, 1.807) is 6.07 Å². The molecule has 1 aromatic carbocycles. The third-order valence-corrected chi connectivity index (χ3v) is 3.81. The minimum Gasteiger partial charge on any atom is -0.508 e. The lowest BCUT2D eigenvalue weighted by molar-refractivity contribution is 0.461. The van der Waals surface area contributed by atoms with Gasteiger partial charge in [-0.3, -0.25) is 0 Å². The Kier molecular flexibility index (Phi) is 4.07. The number of aromatic hydroxyl groups is 1. The fourth-order valence-electron chi connectivity index (χ4n) is 1.90. The molecule has 0 radical (unpaired) electrons. The summed E-state index contributed by atoms with van der Waals surface area (Å²) >= 11 is 1.99. The summed E-state index contributed by atoms with van der Waals surface area (Å²) < 4.78 is 13.0. The van der Waals surface area contributed by atoms with Crippen LogP contribution in [0.2, 0.25) is 0 Å². The van der Waals surface area contributed by atoms with Gasteiger partial charge in [-0.05, 0) is 42.0 Å². The number of thioether (sulfide) groups is 1. The molecule has 0 aliphatic carbocycles. The van der Waals surface area contributed by atoms with Crippen LogP contribution in [0, 0.1) is 5.82 Å². The van der Waals surface area contributed by atoms with E-state index in [-0.39, 0.29) is 11.6 Å². The number of phenols is 1. The zero-order valence-electron chi connectivity index (χ0n) is 9.08. The summed E-state index contributed by atoms with van der Waals surface area (Å²) in [5, 5.41) is 12.7. The van der Waals surface area contributed by atoms with Crippen molar-refractivity contribution >= 4 is 11.8 Å². The van der Waals surface area contributed by atoms with Gasteiger partial charge in [-0.2, -0.15) is 11.8 Å². The smallest absolute Gasteiger partial charge is 0.127 e. The Labute approximate surface area is 99.2 Å². The zero-order chi connectivity index (χ0) is 11.4. The highest BCUT2D eigenvalue weighted by Crippen LogP contribution is 2.18. The van der Waals surface area contributed by atoms with Crippen LogP contribution in [0.15, 0.2) is 18.2 Å². The van der Waals surface area contributed by atoms with Crippen molar-refractivity contribution in [1.82, 2.24) is 5.32 Å². The lowest BCUT2D eigenvalue weighted by Crippen LogP contribution is -2.32. The molecule has 1 fully saturated rings. The van der Waals surface area contributed by atoms with Crippen LogP contribution >= 0.6 is 11.8 Å². The number of rotatable bonds is 3. The van der Waals surface area contributed by atoms with E-state index >= 15 is 0 Å². The molecule has 0 spiro atoms. The molecule has 2 N–H and O–H groups in total. The Bertz CT molecular complexity index is 333. The Morgan fingerprint density at radius 3 is 2.75 bits per heavy atom. The largest absolute Gasteiger partial charge is 0.508 e. The van der Waals surface area contributed by atoms with Crippen molar-refractivity contribution in [2.45, 2.75) is 25.4 Å². The summed E-state index contributed by atoms with van der Waals surface area (Å²) in [5.41, 5.74) is 0.802. The van der Waals surface area contributed by atoms with E-state index in [0.717, 1.165) is 11.6 Å². The minimum atomic E-state index is -0.379. The predicted molar refractivity (Wildman–Crippen MR) is 65.3 cm³/mol. The highest BCUT2D eigenvalue weighted by atomic mass is 32.2. The van der Waals surface area contributed by atoms with Gasteiger partial charge in [0.2, 0.25) is 0 Å². The molecule has 1 aromatic rings. The van der Waals surface area contributed by atoms with E-state index in [1.807, 2.05) is 11.8 Å². The van der Waals surface area contributed by atoms with E-state index in [2.05, 4.69) is 5.32 Å². The molecule has 0 amide bonds. The first-order valence-corrected chi connectivity index (χ1v) is 6.69. The average molecular weight is 241 g/mol. The van der Waals surface area contributed by atoms with Crippen molar-refractivity contribution in [3.8, 4) is 5.75 Å². The monoisotopic (exact) mass is 241 g/mol. The topological polar surface area (TPSA) is 32.3 Å². The summed E-state index contributed by atoms with van der Waals surface area (Å²) in [6, 6.07) is 4.73. The number of halogens is 1. The van der Waals surface area contributed by atoms with E-state index in [4.69, 9.17) is 0 Å². The molecule has 88 valence electrons. The van der Waals surface area contributed by atoms with Gasteiger partial charge < -0.3 is 10.4 Å². The van der Waals surface area contributed by atoms with Crippen LogP contribution in [0.3, 0.4) is 0 Å². The van der Waals surface area contributed by atoms with E-state index < -0.39 is 0 Å². The standard InChI is InChI=1S/C12H16FNOS/c13-10-5-9(6-12(15)7-10)8-14-11-1-3-16-4-2-11/h5-7,11,14-15H,1-4,8H2. The van der Waals surface area contributed by atoms with E-state index in [0.29, 0.717) is 12.6 Å². The van der Waals surface area contributed by atoms with Crippen LogP contribution in [0.1, 0.15) is 18.4 Å². The van der Waals surface area contributed by atoms with Gasteiger partial charge in [-0.15, -0.1) is 0 Å². The molecule has 0 unspecified atom stereocenters. The second-order valence-electron chi connectivity index (χ2n) is 4.09. The van der Waals surface area contributed by atoms with Crippen LogP contribution in [0.25, 0.3) is 0 Å². The molecule has 0 aromatic heterocycles. The predicted octanol–water partition coefficient (Wildman–Crippen LogP) is 2.52. The summed E-state index contributed by atoms with van der Waals surface area (Å²) in [5.74, 6) is 2.02. The highest BCUT2D eigenvalue weighted by molar-refractivity contribution is 7.99. The maximum Gasteiger partial charge on any atom is 0.127 e. The number of phenolic OH excluding ortho intramolecular Hbond substituents is 1. The molecule has 1 saturated heterocycles. The van der Waals surface area contributed by atoms with Gasteiger partial charge >= 0.3 is 0 Å². The minimum absolute atomic E-state index is 0.00370. The maximum absolute atomic E-state index is 13.0. The molecule has 2 nitrogen and oxygen atoms in total. The van der Waals surface area contributed by atoms with Gasteiger partial charge in [0.1, 0.15) is 11.6 Å². The normalized spacial score (nSPS) is 17.6. The first-order valence-electron chi connectivity index (χ1n) is 5.53. The summed E-state index contributed by atoms with van der Waals surface area (Å²) in [4.78, 5) is 0. The number of nitrogens with one attached hydrogen (secondary N) is 1. The van der Waals surface area contributed by atoms with E-state index in [9.17, 15) is 9.50 Å². The second-order valence-corrected chi connectivity index (χ2v) is 5.31. The molecule has 16 heavy (non-hydrogen) atoms. The molecule has 4 heteroatoms. The van der Waals surface area contributed by atoms with Crippen molar-refractivity contribution in [2.24, 2.45) is 0 Å². The van der Waals surface area contributed by atoms with Crippen molar-refractivity contribution in [3.05, 3.63) is 29.6 Å². The fraction of sp³-hybridized carbons (Fsp3) is 0.500. The summed E-state index contributed by atoms with van der Waals surface area (Å²) in [6.45, 7) is 0.626. The second kappa shape index (κ2) is 5.55. The maximum atomic E-state index is 13.0. The van der Waals surface area contributed by atoms with Gasteiger partial charge in [0.15, 0.2) is 0 Å². The van der Waals surface area contributed by atoms with Crippen molar-refractivity contribution < 1.29 is 9.50 Å². The fourth-order valence-corrected chi connectivity index (χ4v) is 3.01. The lowest BCUT2D eigenvalue weighted by Gasteiger charge is -2.22. The highest BCUT2D eigenvalue weighted by Gasteiger charge is 2.12. The summed E-state index contributed by atoms with van der Waals surface area (Å²) in [6.07, 6.45) is 2.35. The molecular weight excluding hydrogens is 225 g/mol. The number of benzene rings is 1. The average Bonchev–Trinajstić information content (AvgIpc) is 2.27. The van der Waals surface area contributed by atoms with Gasteiger partial charge in [0.05, 0.1) is 0 Å². The quantitative estimate of drug-likeness (QED) is 0.853. The molecular formula is C12H16FNOS. The third-order valence-electron chi connectivity index (χ3n) is 2.76.